The van der Waals surface area contributed by atoms with Gasteiger partial charge in [0.2, 0.25) is 0 Å². The van der Waals surface area contributed by atoms with Crippen LogP contribution in [0.15, 0.2) is 30.9 Å². The van der Waals surface area contributed by atoms with Crippen molar-refractivity contribution < 1.29 is 0 Å². The van der Waals surface area contributed by atoms with E-state index in [1.54, 1.807) is 18.5 Å². The maximum absolute atomic E-state index is 8.32. The van der Waals surface area contributed by atoms with Gasteiger partial charge in [0.15, 0.2) is 0 Å². The van der Waals surface area contributed by atoms with Gasteiger partial charge in [-0.3, -0.25) is 0 Å². The molecule has 80 valence electrons. The third kappa shape index (κ3) is 4.24. The van der Waals surface area contributed by atoms with Crippen molar-refractivity contribution in [3.05, 3.63) is 47.8 Å². The molecular formula is C11H11N5. The summed E-state index contributed by atoms with van der Waals surface area (Å²) in [7, 11) is 0. The molecule has 5 heteroatoms. The Bertz CT molecular complexity index is 475. The molecule has 5 nitrogen and oxygen atoms in total. The van der Waals surface area contributed by atoms with Gasteiger partial charge >= 0.3 is 0 Å². The zero-order valence-electron chi connectivity index (χ0n) is 9.12. The van der Waals surface area contributed by atoms with Crippen LogP contribution in [0.25, 0.3) is 0 Å². The monoisotopic (exact) mass is 213 g/mol. The molecule has 2 heterocycles. The first-order chi connectivity index (χ1) is 7.72. The highest BCUT2D eigenvalue weighted by Gasteiger charge is 1.88. The molecule has 0 aliphatic rings. The molecule has 2 rings (SSSR count). The first-order valence-electron chi connectivity index (χ1n) is 4.64. The van der Waals surface area contributed by atoms with E-state index in [1.165, 1.54) is 6.33 Å². The van der Waals surface area contributed by atoms with Gasteiger partial charge in [-0.15, -0.1) is 0 Å². The molecule has 2 aromatic heterocycles. The van der Waals surface area contributed by atoms with Crippen molar-refractivity contribution in [3.63, 3.8) is 0 Å². The summed E-state index contributed by atoms with van der Waals surface area (Å²) in [6.07, 6.45) is 4.78. The molecular weight excluding hydrogens is 202 g/mol. The molecule has 0 spiro atoms. The van der Waals surface area contributed by atoms with Gasteiger partial charge in [-0.25, -0.2) is 9.97 Å². The van der Waals surface area contributed by atoms with Crippen LogP contribution in [-0.4, -0.2) is 20.2 Å². The van der Waals surface area contributed by atoms with E-state index in [4.69, 9.17) is 5.26 Å². The Balaban J connectivity index is 0.000000165. The third-order valence-corrected chi connectivity index (χ3v) is 1.65. The van der Waals surface area contributed by atoms with Crippen LogP contribution in [-0.2, 0) is 0 Å². The largest absolute Gasteiger partial charge is 0.242 e. The fourth-order valence-corrected chi connectivity index (χ4v) is 0.873. The van der Waals surface area contributed by atoms with E-state index in [9.17, 15) is 0 Å². The Morgan fingerprint density at radius 3 is 2.38 bits per heavy atom. The smallest absolute Gasteiger partial charge is 0.144 e. The van der Waals surface area contributed by atoms with Gasteiger partial charge in [0.05, 0.1) is 6.20 Å². The molecule has 0 amide bonds. The minimum Gasteiger partial charge on any atom is -0.242 e. The number of rotatable bonds is 0. The van der Waals surface area contributed by atoms with Crippen molar-refractivity contribution in [1.29, 1.82) is 5.26 Å². The van der Waals surface area contributed by atoms with E-state index in [0.29, 0.717) is 5.69 Å². The topological polar surface area (TPSA) is 75.3 Å². The van der Waals surface area contributed by atoms with E-state index in [2.05, 4.69) is 20.2 Å². The standard InChI is InChI=1S/C6H5N3.C5H6N2/c1-5-2-6(3-7)9-4-8-5;1-5-2-3-6-7-4-5/h2,4H,1H3;2-4H,1H3. The minimum atomic E-state index is 0.419. The summed E-state index contributed by atoms with van der Waals surface area (Å²) in [6, 6.07) is 5.47. The Morgan fingerprint density at radius 1 is 1.19 bits per heavy atom. The second-order valence-electron chi connectivity index (χ2n) is 3.08. The predicted molar refractivity (Wildman–Crippen MR) is 58.3 cm³/mol. The first kappa shape index (κ1) is 11.7. The van der Waals surface area contributed by atoms with Gasteiger partial charge in [0.1, 0.15) is 18.1 Å². The Kier molecular flexibility index (Phi) is 4.54. The lowest BCUT2D eigenvalue weighted by molar-refractivity contribution is 1.01. The lowest BCUT2D eigenvalue weighted by atomic mass is 10.4. The van der Waals surface area contributed by atoms with Crippen molar-refractivity contribution in [2.24, 2.45) is 0 Å². The Labute approximate surface area is 93.8 Å². The molecule has 0 saturated heterocycles. The quantitative estimate of drug-likeness (QED) is 0.661. The maximum Gasteiger partial charge on any atom is 0.144 e. The van der Waals surface area contributed by atoms with Gasteiger partial charge in [-0.05, 0) is 31.5 Å². The maximum atomic E-state index is 8.32. The molecule has 0 radical (unpaired) electrons. The van der Waals surface area contributed by atoms with Crippen LogP contribution < -0.4 is 0 Å². The van der Waals surface area contributed by atoms with Gasteiger partial charge in [0, 0.05) is 11.9 Å². The van der Waals surface area contributed by atoms with E-state index in [-0.39, 0.29) is 0 Å². The first-order valence-corrected chi connectivity index (χ1v) is 4.64. The van der Waals surface area contributed by atoms with Crippen molar-refractivity contribution in [1.82, 2.24) is 20.2 Å². The molecule has 16 heavy (non-hydrogen) atoms. The summed E-state index contributed by atoms with van der Waals surface area (Å²) in [6.45, 7) is 3.80. The fraction of sp³-hybridized carbons (Fsp3) is 0.182. The van der Waals surface area contributed by atoms with Crippen LogP contribution in [0.3, 0.4) is 0 Å². The van der Waals surface area contributed by atoms with Crippen LogP contribution in [0.2, 0.25) is 0 Å². The molecule has 0 aliphatic heterocycles. The zero-order chi connectivity index (χ0) is 11.8. The average molecular weight is 213 g/mol. The number of nitrogens with zero attached hydrogens (tertiary/aromatic N) is 5. The van der Waals surface area contributed by atoms with E-state index in [1.807, 2.05) is 26.0 Å². The van der Waals surface area contributed by atoms with Crippen molar-refractivity contribution >= 4 is 0 Å². The van der Waals surface area contributed by atoms with Gasteiger partial charge < -0.3 is 0 Å². The molecule has 0 unspecified atom stereocenters. The number of hydrogen-bond donors (Lipinski definition) is 0. The van der Waals surface area contributed by atoms with Gasteiger partial charge in [-0.1, -0.05) is 0 Å². The number of aromatic nitrogens is 4. The number of hydrogen-bond acceptors (Lipinski definition) is 5. The molecule has 0 saturated carbocycles. The minimum absolute atomic E-state index is 0.419. The molecule has 0 bridgehead atoms. The van der Waals surface area contributed by atoms with Crippen molar-refractivity contribution in [2.75, 3.05) is 0 Å². The number of aryl methyl sites for hydroxylation is 2. The molecule has 2 aromatic rings. The summed E-state index contributed by atoms with van der Waals surface area (Å²) >= 11 is 0. The summed E-state index contributed by atoms with van der Waals surface area (Å²) in [5.74, 6) is 0. The lowest BCUT2D eigenvalue weighted by Gasteiger charge is -1.87. The summed E-state index contributed by atoms with van der Waals surface area (Å²) in [5, 5.41) is 15.6. The van der Waals surface area contributed by atoms with Gasteiger partial charge in [0.25, 0.3) is 0 Å². The van der Waals surface area contributed by atoms with Crippen LogP contribution in [0.5, 0.6) is 0 Å². The average Bonchev–Trinajstić information content (AvgIpc) is 2.31. The molecule has 0 atom stereocenters. The SMILES string of the molecule is Cc1cc(C#N)ncn1.Cc1ccnnc1. The Hall–Kier alpha value is -2.35. The highest BCUT2D eigenvalue weighted by atomic mass is 15.1. The summed E-state index contributed by atoms with van der Waals surface area (Å²) in [4.78, 5) is 7.51. The molecule has 0 N–H and O–H groups in total. The van der Waals surface area contributed by atoms with Crippen molar-refractivity contribution in [2.45, 2.75) is 13.8 Å². The van der Waals surface area contributed by atoms with Gasteiger partial charge in [-0.2, -0.15) is 15.5 Å². The molecule has 0 aliphatic carbocycles. The summed E-state index contributed by atoms with van der Waals surface area (Å²) in [5.41, 5.74) is 2.39. The van der Waals surface area contributed by atoms with E-state index in [0.717, 1.165) is 11.3 Å². The van der Waals surface area contributed by atoms with E-state index < -0.39 is 0 Å². The Morgan fingerprint density at radius 2 is 2.00 bits per heavy atom. The van der Waals surface area contributed by atoms with Crippen LogP contribution in [0.1, 0.15) is 17.0 Å². The van der Waals surface area contributed by atoms with Crippen LogP contribution in [0, 0.1) is 25.2 Å². The second-order valence-corrected chi connectivity index (χ2v) is 3.08. The highest BCUT2D eigenvalue weighted by Crippen LogP contribution is 1.92. The highest BCUT2D eigenvalue weighted by molar-refractivity contribution is 5.19. The molecule has 0 aromatic carbocycles. The van der Waals surface area contributed by atoms with Crippen LogP contribution in [0.4, 0.5) is 0 Å². The van der Waals surface area contributed by atoms with Crippen molar-refractivity contribution in [3.8, 4) is 6.07 Å². The van der Waals surface area contributed by atoms with E-state index >= 15 is 0 Å². The number of nitriles is 1. The predicted octanol–water partition coefficient (Wildman–Crippen LogP) is 1.44. The molecule has 0 fully saturated rings. The lowest BCUT2D eigenvalue weighted by Crippen LogP contribution is -1.85. The second kappa shape index (κ2) is 6.19. The fourth-order valence-electron chi connectivity index (χ4n) is 0.873. The zero-order valence-corrected chi connectivity index (χ0v) is 9.12. The van der Waals surface area contributed by atoms with Crippen LogP contribution >= 0.6 is 0 Å². The summed E-state index contributed by atoms with van der Waals surface area (Å²) < 4.78 is 0. The third-order valence-electron chi connectivity index (χ3n) is 1.65. The normalized spacial score (nSPS) is 8.56.